The monoisotopic (exact) mass is 467 g/mol. The minimum absolute atomic E-state index is 0.444. The van der Waals surface area contributed by atoms with Gasteiger partial charge in [0, 0.05) is 57.2 Å². The second-order valence-corrected chi connectivity index (χ2v) is 12.7. The molecule has 4 aliphatic rings. The number of ether oxygens (including phenoxy) is 1. The molecule has 4 fully saturated rings. The van der Waals surface area contributed by atoms with Crippen molar-refractivity contribution in [1.82, 2.24) is 4.90 Å². The van der Waals surface area contributed by atoms with Gasteiger partial charge in [-0.1, -0.05) is 33.6 Å². The van der Waals surface area contributed by atoms with E-state index in [-0.39, 0.29) is 0 Å². The lowest BCUT2D eigenvalue weighted by Crippen LogP contribution is -2.48. The zero-order chi connectivity index (χ0) is 23.5. The van der Waals surface area contributed by atoms with Gasteiger partial charge in [-0.05, 0) is 85.5 Å². The molecule has 0 aromatic heterocycles. The predicted molar refractivity (Wildman–Crippen MR) is 144 cm³/mol. The molecule has 0 atom stereocenters. The minimum Gasteiger partial charge on any atom is -0.378 e. The number of hydrogen-bond acceptors (Lipinski definition) is 4. The molecule has 2 saturated heterocycles. The molecule has 2 aliphatic carbocycles. The van der Waals surface area contributed by atoms with Crippen LogP contribution in [0.1, 0.15) is 83.6 Å². The Balaban J connectivity index is 1.31. The van der Waals surface area contributed by atoms with Gasteiger partial charge >= 0.3 is 0 Å². The highest BCUT2D eigenvalue weighted by molar-refractivity contribution is 5.63. The Morgan fingerprint density at radius 2 is 1.47 bits per heavy atom. The summed E-state index contributed by atoms with van der Waals surface area (Å²) in [5.41, 5.74) is 5.04. The van der Waals surface area contributed by atoms with Gasteiger partial charge in [0.05, 0.1) is 13.2 Å². The van der Waals surface area contributed by atoms with E-state index >= 15 is 0 Å². The van der Waals surface area contributed by atoms with Crippen molar-refractivity contribution < 1.29 is 4.74 Å². The maximum Gasteiger partial charge on any atom is 0.0642 e. The lowest BCUT2D eigenvalue weighted by Gasteiger charge is -2.41. The van der Waals surface area contributed by atoms with Crippen LogP contribution in [0.4, 0.5) is 11.4 Å². The third-order valence-corrected chi connectivity index (χ3v) is 9.48. The maximum absolute atomic E-state index is 5.63. The van der Waals surface area contributed by atoms with Gasteiger partial charge in [0.15, 0.2) is 0 Å². The van der Waals surface area contributed by atoms with Crippen molar-refractivity contribution in [2.45, 2.75) is 78.1 Å². The topological polar surface area (TPSA) is 19.0 Å². The van der Waals surface area contributed by atoms with Gasteiger partial charge < -0.3 is 14.5 Å². The summed E-state index contributed by atoms with van der Waals surface area (Å²) in [6, 6.07) is 7.45. The third-order valence-electron chi connectivity index (χ3n) is 9.48. The van der Waals surface area contributed by atoms with E-state index in [1.165, 1.54) is 95.5 Å². The van der Waals surface area contributed by atoms with Gasteiger partial charge in [-0.25, -0.2) is 0 Å². The van der Waals surface area contributed by atoms with Crippen molar-refractivity contribution in [1.29, 1.82) is 0 Å². The first-order valence-corrected chi connectivity index (χ1v) is 14.4. The smallest absolute Gasteiger partial charge is 0.0642 e. The molecular formula is C30H49N3O. The summed E-state index contributed by atoms with van der Waals surface area (Å²) in [4.78, 5) is 8.01. The van der Waals surface area contributed by atoms with E-state index in [0.29, 0.717) is 11.3 Å². The first-order valence-electron chi connectivity index (χ1n) is 14.4. The molecule has 4 nitrogen and oxygen atoms in total. The van der Waals surface area contributed by atoms with Crippen LogP contribution in [0.5, 0.6) is 0 Å². The van der Waals surface area contributed by atoms with Gasteiger partial charge in [0.1, 0.15) is 0 Å². The van der Waals surface area contributed by atoms with Gasteiger partial charge in [-0.2, -0.15) is 0 Å². The van der Waals surface area contributed by atoms with Crippen LogP contribution >= 0.6 is 0 Å². The van der Waals surface area contributed by atoms with Crippen molar-refractivity contribution >= 4 is 11.4 Å². The first-order chi connectivity index (χ1) is 16.5. The van der Waals surface area contributed by atoms with Crippen LogP contribution in [0.2, 0.25) is 0 Å². The second kappa shape index (κ2) is 10.8. The molecule has 2 heterocycles. The fourth-order valence-corrected chi connectivity index (χ4v) is 7.18. The molecule has 190 valence electrons. The molecule has 0 radical (unpaired) electrons. The molecule has 1 aromatic rings. The van der Waals surface area contributed by atoms with Crippen molar-refractivity contribution in [3.05, 3.63) is 23.8 Å². The molecule has 0 N–H and O–H groups in total. The molecular weight excluding hydrogens is 418 g/mol. The highest BCUT2D eigenvalue weighted by Gasteiger charge is 2.32. The predicted octanol–water partition coefficient (Wildman–Crippen LogP) is 6.16. The zero-order valence-corrected chi connectivity index (χ0v) is 22.2. The highest BCUT2D eigenvalue weighted by Crippen LogP contribution is 2.46. The second-order valence-electron chi connectivity index (χ2n) is 12.7. The Hall–Kier alpha value is -1.26. The SMILES string of the molecule is CC(C)(C)C1CCC(c2cc(N3CCOCC3)ccc2N2CCN(CC3CCCC3)CC2)CC1. The molecule has 0 spiro atoms. The Morgan fingerprint density at radius 1 is 0.794 bits per heavy atom. The summed E-state index contributed by atoms with van der Waals surface area (Å²) < 4.78 is 5.63. The molecule has 2 saturated carbocycles. The van der Waals surface area contributed by atoms with Crippen LogP contribution in [0.15, 0.2) is 18.2 Å². The van der Waals surface area contributed by atoms with Gasteiger partial charge in [-0.15, -0.1) is 0 Å². The Labute approximate surface area is 209 Å². The van der Waals surface area contributed by atoms with Crippen LogP contribution in [-0.4, -0.2) is 63.9 Å². The molecule has 34 heavy (non-hydrogen) atoms. The summed E-state index contributed by atoms with van der Waals surface area (Å²) in [5.74, 6) is 2.55. The van der Waals surface area contributed by atoms with E-state index in [4.69, 9.17) is 4.74 Å². The quantitative estimate of drug-likeness (QED) is 0.516. The van der Waals surface area contributed by atoms with E-state index in [1.807, 2.05) is 0 Å². The van der Waals surface area contributed by atoms with Crippen molar-refractivity contribution in [3.8, 4) is 0 Å². The molecule has 2 aliphatic heterocycles. The van der Waals surface area contributed by atoms with Crippen LogP contribution in [-0.2, 0) is 4.74 Å². The van der Waals surface area contributed by atoms with Crippen LogP contribution in [0.3, 0.4) is 0 Å². The largest absolute Gasteiger partial charge is 0.378 e. The summed E-state index contributed by atoms with van der Waals surface area (Å²) in [7, 11) is 0. The van der Waals surface area contributed by atoms with Crippen LogP contribution in [0, 0.1) is 17.3 Å². The fraction of sp³-hybridized carbons (Fsp3) is 0.800. The van der Waals surface area contributed by atoms with Gasteiger partial charge in [-0.3, -0.25) is 4.90 Å². The average Bonchev–Trinajstić information content (AvgIpc) is 3.37. The summed E-state index contributed by atoms with van der Waals surface area (Å²) in [6.45, 7) is 17.3. The van der Waals surface area contributed by atoms with E-state index in [2.05, 4.69) is 53.7 Å². The average molecular weight is 468 g/mol. The first kappa shape index (κ1) is 24.4. The van der Waals surface area contributed by atoms with Crippen LogP contribution < -0.4 is 9.80 Å². The molecule has 5 rings (SSSR count). The zero-order valence-electron chi connectivity index (χ0n) is 22.2. The number of rotatable bonds is 5. The standard InChI is InChI=1S/C30H49N3O/c1-30(2,3)26-10-8-25(9-11-26)28-22-27(32-18-20-34-21-19-32)12-13-29(28)33-16-14-31(15-17-33)23-24-6-4-5-7-24/h12-13,22,24-26H,4-11,14-21,23H2,1-3H3. The van der Waals surface area contributed by atoms with Crippen molar-refractivity contribution in [3.63, 3.8) is 0 Å². The minimum atomic E-state index is 0.444. The van der Waals surface area contributed by atoms with Crippen molar-refractivity contribution in [2.75, 3.05) is 68.8 Å². The third kappa shape index (κ3) is 5.75. The van der Waals surface area contributed by atoms with Gasteiger partial charge in [0.25, 0.3) is 0 Å². The number of morpholine rings is 1. The van der Waals surface area contributed by atoms with E-state index in [0.717, 1.165) is 38.1 Å². The number of anilines is 2. The van der Waals surface area contributed by atoms with Crippen LogP contribution in [0.25, 0.3) is 0 Å². The maximum atomic E-state index is 5.63. The molecule has 0 amide bonds. The number of hydrogen-bond donors (Lipinski definition) is 0. The van der Waals surface area contributed by atoms with Crippen molar-refractivity contribution in [2.24, 2.45) is 17.3 Å². The number of nitrogens with zero attached hydrogens (tertiary/aromatic N) is 3. The molecule has 4 heteroatoms. The molecule has 0 bridgehead atoms. The Kier molecular flexibility index (Phi) is 7.75. The molecule has 1 aromatic carbocycles. The number of piperazine rings is 1. The summed E-state index contributed by atoms with van der Waals surface area (Å²) in [6.07, 6.45) is 11.3. The number of benzene rings is 1. The Bertz CT molecular complexity index is 775. The van der Waals surface area contributed by atoms with E-state index < -0.39 is 0 Å². The van der Waals surface area contributed by atoms with E-state index in [9.17, 15) is 0 Å². The fourth-order valence-electron chi connectivity index (χ4n) is 7.18. The lowest BCUT2D eigenvalue weighted by atomic mass is 9.68. The van der Waals surface area contributed by atoms with E-state index in [1.54, 1.807) is 5.56 Å². The van der Waals surface area contributed by atoms with Gasteiger partial charge in [0.2, 0.25) is 0 Å². The summed E-state index contributed by atoms with van der Waals surface area (Å²) >= 11 is 0. The summed E-state index contributed by atoms with van der Waals surface area (Å²) in [5, 5.41) is 0. The lowest BCUT2D eigenvalue weighted by molar-refractivity contribution is 0.122. The normalized spacial score (nSPS) is 28.0. The highest BCUT2D eigenvalue weighted by atomic mass is 16.5. The Morgan fingerprint density at radius 3 is 2.12 bits per heavy atom. The molecule has 0 unspecified atom stereocenters.